The molecule has 0 amide bonds. The molecule has 0 N–H and O–H groups in total. The van der Waals surface area contributed by atoms with Gasteiger partial charge in [0.2, 0.25) is 11.2 Å². The van der Waals surface area contributed by atoms with E-state index in [0.29, 0.717) is 17.4 Å². The standard InChI is InChI=1S/C13H21ClN4O/c1-13(2)7-5-9(6-8-13)18(3)11-15-10(14)16-12(17-11)19-4/h9H,5-8H2,1-4H3. The lowest BCUT2D eigenvalue weighted by Gasteiger charge is -2.38. The maximum atomic E-state index is 5.89. The first-order valence-corrected chi connectivity index (χ1v) is 6.97. The van der Waals surface area contributed by atoms with Crippen LogP contribution < -0.4 is 9.64 Å². The first-order chi connectivity index (χ1) is 8.91. The smallest absolute Gasteiger partial charge is 0.322 e. The van der Waals surface area contributed by atoms with E-state index in [4.69, 9.17) is 16.3 Å². The molecule has 1 aromatic rings. The molecule has 0 atom stereocenters. The lowest BCUT2D eigenvalue weighted by atomic mass is 9.75. The van der Waals surface area contributed by atoms with Crippen LogP contribution in [0.3, 0.4) is 0 Å². The third kappa shape index (κ3) is 3.47. The van der Waals surface area contributed by atoms with E-state index in [1.807, 2.05) is 7.05 Å². The van der Waals surface area contributed by atoms with Crippen molar-refractivity contribution in [2.24, 2.45) is 5.41 Å². The van der Waals surface area contributed by atoms with Crippen LogP contribution in [0.2, 0.25) is 5.28 Å². The summed E-state index contributed by atoms with van der Waals surface area (Å²) in [6.07, 6.45) is 4.74. The van der Waals surface area contributed by atoms with Crippen molar-refractivity contribution in [1.82, 2.24) is 15.0 Å². The molecule has 1 heterocycles. The molecule has 1 aliphatic rings. The molecule has 0 saturated heterocycles. The van der Waals surface area contributed by atoms with Gasteiger partial charge in [-0.2, -0.15) is 15.0 Å². The van der Waals surface area contributed by atoms with Crippen molar-refractivity contribution < 1.29 is 4.74 Å². The summed E-state index contributed by atoms with van der Waals surface area (Å²) in [6.45, 7) is 4.65. The molecule has 5 nitrogen and oxygen atoms in total. The number of hydrogen-bond donors (Lipinski definition) is 0. The molecule has 1 saturated carbocycles. The van der Waals surface area contributed by atoms with Crippen LogP contribution in [-0.2, 0) is 0 Å². The number of ether oxygens (including phenoxy) is 1. The SMILES string of the molecule is COc1nc(Cl)nc(N(C)C2CCC(C)(C)CC2)n1. The molecule has 106 valence electrons. The van der Waals surface area contributed by atoms with Crippen molar-refractivity contribution in [3.05, 3.63) is 5.28 Å². The molecule has 1 fully saturated rings. The highest BCUT2D eigenvalue weighted by atomic mass is 35.5. The Kier molecular flexibility index (Phi) is 4.13. The van der Waals surface area contributed by atoms with Crippen molar-refractivity contribution in [3.8, 4) is 6.01 Å². The topological polar surface area (TPSA) is 51.1 Å². The quantitative estimate of drug-likeness (QED) is 0.854. The predicted molar refractivity (Wildman–Crippen MR) is 75.8 cm³/mol. The summed E-state index contributed by atoms with van der Waals surface area (Å²) in [5.41, 5.74) is 0.450. The molecule has 0 radical (unpaired) electrons. The van der Waals surface area contributed by atoms with Gasteiger partial charge in [0.1, 0.15) is 0 Å². The van der Waals surface area contributed by atoms with Crippen LogP contribution in [0.15, 0.2) is 0 Å². The van der Waals surface area contributed by atoms with Gasteiger partial charge >= 0.3 is 6.01 Å². The molecule has 0 spiro atoms. The highest BCUT2D eigenvalue weighted by molar-refractivity contribution is 6.28. The van der Waals surface area contributed by atoms with Gasteiger partial charge in [-0.1, -0.05) is 13.8 Å². The summed E-state index contributed by atoms with van der Waals surface area (Å²) < 4.78 is 5.03. The average molecular weight is 285 g/mol. The van der Waals surface area contributed by atoms with Crippen molar-refractivity contribution in [2.45, 2.75) is 45.6 Å². The third-order valence-corrected chi connectivity index (χ3v) is 4.10. The Balaban J connectivity index is 2.11. The fraction of sp³-hybridized carbons (Fsp3) is 0.769. The molecule has 19 heavy (non-hydrogen) atoms. The lowest BCUT2D eigenvalue weighted by molar-refractivity contribution is 0.221. The third-order valence-electron chi connectivity index (χ3n) is 3.93. The maximum Gasteiger partial charge on any atom is 0.322 e. The Morgan fingerprint density at radius 3 is 2.42 bits per heavy atom. The Morgan fingerprint density at radius 2 is 1.84 bits per heavy atom. The Bertz CT molecular complexity index is 442. The lowest BCUT2D eigenvalue weighted by Crippen LogP contribution is -2.38. The van der Waals surface area contributed by atoms with Gasteiger partial charge < -0.3 is 9.64 Å². The number of rotatable bonds is 3. The summed E-state index contributed by atoms with van der Waals surface area (Å²) >= 11 is 5.89. The second-order valence-corrected chi connectivity index (χ2v) is 6.24. The summed E-state index contributed by atoms with van der Waals surface area (Å²) in [4.78, 5) is 14.4. The highest BCUT2D eigenvalue weighted by Gasteiger charge is 2.30. The van der Waals surface area contributed by atoms with Crippen LogP contribution in [0, 0.1) is 5.41 Å². The molecule has 1 aromatic heterocycles. The number of methoxy groups -OCH3 is 1. The van der Waals surface area contributed by atoms with Crippen LogP contribution in [-0.4, -0.2) is 35.2 Å². The van der Waals surface area contributed by atoms with Gasteiger partial charge in [-0.25, -0.2) is 0 Å². The molecule has 2 rings (SSSR count). The number of nitrogens with zero attached hydrogens (tertiary/aromatic N) is 4. The van der Waals surface area contributed by atoms with Crippen molar-refractivity contribution in [1.29, 1.82) is 0 Å². The summed E-state index contributed by atoms with van der Waals surface area (Å²) in [6, 6.07) is 0.717. The molecule has 0 aromatic carbocycles. The predicted octanol–water partition coefficient (Wildman–Crippen LogP) is 2.94. The average Bonchev–Trinajstić information content (AvgIpc) is 2.37. The summed E-state index contributed by atoms with van der Waals surface area (Å²) in [7, 11) is 3.53. The van der Waals surface area contributed by atoms with E-state index >= 15 is 0 Å². The van der Waals surface area contributed by atoms with Crippen LogP contribution in [0.1, 0.15) is 39.5 Å². The number of aromatic nitrogens is 3. The van der Waals surface area contributed by atoms with Gasteiger partial charge in [0.25, 0.3) is 0 Å². The Hall–Kier alpha value is -1.10. The van der Waals surface area contributed by atoms with Gasteiger partial charge in [0.15, 0.2) is 0 Å². The fourth-order valence-corrected chi connectivity index (χ4v) is 2.65. The number of anilines is 1. The van der Waals surface area contributed by atoms with Crippen LogP contribution in [0.25, 0.3) is 0 Å². The zero-order valence-corrected chi connectivity index (χ0v) is 12.7. The zero-order chi connectivity index (χ0) is 14.0. The zero-order valence-electron chi connectivity index (χ0n) is 12.0. The monoisotopic (exact) mass is 284 g/mol. The van der Waals surface area contributed by atoms with E-state index in [1.165, 1.54) is 20.0 Å². The molecule has 6 heteroatoms. The summed E-state index contributed by atoms with van der Waals surface area (Å²) in [5.74, 6) is 0.585. The van der Waals surface area contributed by atoms with Gasteiger partial charge in [-0.05, 0) is 42.7 Å². The van der Waals surface area contributed by atoms with Crippen LogP contribution >= 0.6 is 11.6 Å². The van der Waals surface area contributed by atoms with Gasteiger partial charge in [0.05, 0.1) is 7.11 Å². The van der Waals surface area contributed by atoms with E-state index in [-0.39, 0.29) is 11.3 Å². The maximum absolute atomic E-state index is 5.89. The minimum absolute atomic E-state index is 0.171. The molecule has 1 aliphatic carbocycles. The fourth-order valence-electron chi connectivity index (χ4n) is 2.51. The second kappa shape index (κ2) is 5.49. The molecule has 0 bridgehead atoms. The first kappa shape index (κ1) is 14.3. The van der Waals surface area contributed by atoms with E-state index in [9.17, 15) is 0 Å². The largest absolute Gasteiger partial charge is 0.467 e. The van der Waals surface area contributed by atoms with Crippen molar-refractivity contribution >= 4 is 17.5 Å². The number of hydrogen-bond acceptors (Lipinski definition) is 5. The van der Waals surface area contributed by atoms with Crippen molar-refractivity contribution in [3.63, 3.8) is 0 Å². The molecule has 0 unspecified atom stereocenters. The minimum atomic E-state index is 0.171. The van der Waals surface area contributed by atoms with Gasteiger partial charge in [0, 0.05) is 13.1 Å². The minimum Gasteiger partial charge on any atom is -0.467 e. The molecular formula is C13H21ClN4O. The second-order valence-electron chi connectivity index (χ2n) is 5.90. The normalized spacial score (nSPS) is 19.2. The first-order valence-electron chi connectivity index (χ1n) is 6.60. The highest BCUT2D eigenvalue weighted by Crippen LogP contribution is 2.37. The van der Waals surface area contributed by atoms with Crippen LogP contribution in [0.4, 0.5) is 5.95 Å². The Labute approximate surface area is 119 Å². The Morgan fingerprint density at radius 1 is 1.21 bits per heavy atom. The van der Waals surface area contributed by atoms with E-state index in [1.54, 1.807) is 0 Å². The van der Waals surface area contributed by atoms with Gasteiger partial charge in [-0.3, -0.25) is 0 Å². The number of halogens is 1. The summed E-state index contributed by atoms with van der Waals surface area (Å²) in [5, 5.41) is 0.171. The van der Waals surface area contributed by atoms with E-state index in [2.05, 4.69) is 33.7 Å². The van der Waals surface area contributed by atoms with Crippen LogP contribution in [0.5, 0.6) is 6.01 Å². The molecular weight excluding hydrogens is 264 g/mol. The van der Waals surface area contributed by atoms with Gasteiger partial charge in [-0.15, -0.1) is 0 Å². The van der Waals surface area contributed by atoms with E-state index in [0.717, 1.165) is 12.8 Å². The molecule has 0 aliphatic heterocycles. The van der Waals surface area contributed by atoms with E-state index < -0.39 is 0 Å². The van der Waals surface area contributed by atoms with Crippen molar-refractivity contribution in [2.75, 3.05) is 19.1 Å².